The summed E-state index contributed by atoms with van der Waals surface area (Å²) >= 11 is 0. The van der Waals surface area contributed by atoms with E-state index in [-0.39, 0.29) is 17.8 Å². The van der Waals surface area contributed by atoms with Gasteiger partial charge in [0.05, 0.1) is 5.41 Å². The van der Waals surface area contributed by atoms with Crippen LogP contribution in [0.2, 0.25) is 0 Å². The van der Waals surface area contributed by atoms with E-state index in [1.54, 1.807) is 32.0 Å². The number of carbonyl (C=O) groups excluding carboxylic acids is 1. The molecule has 0 aromatic heterocycles. The summed E-state index contributed by atoms with van der Waals surface area (Å²) in [7, 11) is 0. The quantitative estimate of drug-likeness (QED) is 0.891. The number of nitrogens with one attached hydrogen (secondary N) is 2. The Kier molecular flexibility index (Phi) is 4.43. The Morgan fingerprint density at radius 3 is 2.75 bits per heavy atom. The Morgan fingerprint density at radius 2 is 2.10 bits per heavy atom. The topological polar surface area (TPSA) is 41.1 Å². The monoisotopic (exact) mass is 278 g/mol. The second kappa shape index (κ2) is 5.92. The highest BCUT2D eigenvalue weighted by atomic mass is 19.1. The van der Waals surface area contributed by atoms with Crippen molar-refractivity contribution in [3.63, 3.8) is 0 Å². The summed E-state index contributed by atoms with van der Waals surface area (Å²) in [6.45, 7) is 6.56. The van der Waals surface area contributed by atoms with Crippen LogP contribution in [0.4, 0.5) is 4.39 Å². The Bertz CT molecular complexity index is 487. The third kappa shape index (κ3) is 3.18. The van der Waals surface area contributed by atoms with Crippen LogP contribution in [0, 0.1) is 5.82 Å². The number of amides is 1. The van der Waals surface area contributed by atoms with Gasteiger partial charge in [0.15, 0.2) is 0 Å². The number of halogens is 1. The normalized spacial score (nSPS) is 23.4. The van der Waals surface area contributed by atoms with Crippen LogP contribution >= 0.6 is 0 Å². The molecule has 2 unspecified atom stereocenters. The average Bonchev–Trinajstić information content (AvgIpc) is 2.39. The minimum absolute atomic E-state index is 0.110. The number of rotatable bonds is 3. The van der Waals surface area contributed by atoms with Crippen molar-refractivity contribution in [2.24, 2.45) is 0 Å². The van der Waals surface area contributed by atoms with Crippen molar-refractivity contribution < 1.29 is 9.18 Å². The number of hydrogen-bond donors (Lipinski definition) is 2. The molecule has 1 aliphatic heterocycles. The maximum Gasteiger partial charge on any atom is 0.230 e. The third-order valence-electron chi connectivity index (χ3n) is 4.07. The second-order valence-corrected chi connectivity index (χ2v) is 6.15. The molecule has 3 nitrogen and oxygen atoms in total. The number of piperidine rings is 1. The predicted molar refractivity (Wildman–Crippen MR) is 78.1 cm³/mol. The smallest absolute Gasteiger partial charge is 0.230 e. The van der Waals surface area contributed by atoms with Gasteiger partial charge in [0.1, 0.15) is 5.82 Å². The zero-order valence-electron chi connectivity index (χ0n) is 12.4. The van der Waals surface area contributed by atoms with Gasteiger partial charge in [-0.2, -0.15) is 0 Å². The molecule has 0 saturated carbocycles. The van der Waals surface area contributed by atoms with Crippen molar-refractivity contribution in [3.05, 3.63) is 35.6 Å². The summed E-state index contributed by atoms with van der Waals surface area (Å²) in [5, 5.41) is 6.42. The van der Waals surface area contributed by atoms with E-state index in [2.05, 4.69) is 17.6 Å². The van der Waals surface area contributed by atoms with E-state index in [1.165, 1.54) is 6.07 Å². The lowest BCUT2D eigenvalue weighted by molar-refractivity contribution is -0.126. The maximum absolute atomic E-state index is 13.9. The van der Waals surface area contributed by atoms with Gasteiger partial charge in [0.2, 0.25) is 5.91 Å². The standard InChI is InChI=1S/C16H23FN2O/c1-11-10-12(8-9-18-11)19-15(20)16(2,3)13-6-4-5-7-14(13)17/h4-7,11-12,18H,8-10H2,1-3H3,(H,19,20). The molecular weight excluding hydrogens is 255 g/mol. The second-order valence-electron chi connectivity index (χ2n) is 6.15. The van der Waals surface area contributed by atoms with Crippen LogP contribution in [0.15, 0.2) is 24.3 Å². The molecule has 1 aromatic rings. The molecule has 2 N–H and O–H groups in total. The van der Waals surface area contributed by atoms with E-state index in [9.17, 15) is 9.18 Å². The van der Waals surface area contributed by atoms with Gasteiger partial charge in [-0.1, -0.05) is 18.2 Å². The van der Waals surface area contributed by atoms with Gasteiger partial charge in [-0.25, -0.2) is 4.39 Å². The average molecular weight is 278 g/mol. The lowest BCUT2D eigenvalue weighted by Crippen LogP contribution is -2.51. The molecule has 1 fully saturated rings. The van der Waals surface area contributed by atoms with E-state index in [4.69, 9.17) is 0 Å². The molecule has 2 rings (SSSR count). The highest BCUT2D eigenvalue weighted by Gasteiger charge is 2.34. The minimum Gasteiger partial charge on any atom is -0.353 e. The van der Waals surface area contributed by atoms with Crippen molar-refractivity contribution in [3.8, 4) is 0 Å². The molecular formula is C16H23FN2O. The van der Waals surface area contributed by atoms with Crippen molar-refractivity contribution in [1.82, 2.24) is 10.6 Å². The molecule has 0 radical (unpaired) electrons. The van der Waals surface area contributed by atoms with Gasteiger partial charge in [-0.3, -0.25) is 4.79 Å². The van der Waals surface area contributed by atoms with Gasteiger partial charge in [0.25, 0.3) is 0 Å². The molecule has 1 aliphatic rings. The number of benzene rings is 1. The van der Waals surface area contributed by atoms with E-state index in [1.807, 2.05) is 0 Å². The van der Waals surface area contributed by atoms with E-state index < -0.39 is 5.41 Å². The minimum atomic E-state index is -0.862. The summed E-state index contributed by atoms with van der Waals surface area (Å²) in [5.41, 5.74) is -0.418. The largest absolute Gasteiger partial charge is 0.353 e. The molecule has 1 heterocycles. The summed E-state index contributed by atoms with van der Waals surface area (Å²) < 4.78 is 13.9. The number of hydrogen-bond acceptors (Lipinski definition) is 2. The zero-order chi connectivity index (χ0) is 14.8. The Balaban J connectivity index is 2.09. The van der Waals surface area contributed by atoms with Crippen molar-refractivity contribution in [2.45, 2.75) is 51.1 Å². The summed E-state index contributed by atoms with van der Waals surface area (Å²) in [5.74, 6) is -0.437. The van der Waals surface area contributed by atoms with Crippen LogP contribution in [0.3, 0.4) is 0 Å². The zero-order valence-corrected chi connectivity index (χ0v) is 12.4. The summed E-state index contributed by atoms with van der Waals surface area (Å²) in [6, 6.07) is 7.06. The SMILES string of the molecule is CC1CC(NC(=O)C(C)(C)c2ccccc2F)CCN1. The molecule has 1 aromatic carbocycles. The van der Waals surface area contributed by atoms with Crippen LogP contribution in [0.5, 0.6) is 0 Å². The first-order chi connectivity index (χ1) is 9.41. The van der Waals surface area contributed by atoms with Gasteiger partial charge in [-0.05, 0) is 46.2 Å². The van der Waals surface area contributed by atoms with Gasteiger partial charge in [-0.15, -0.1) is 0 Å². The fourth-order valence-corrected chi connectivity index (χ4v) is 2.72. The van der Waals surface area contributed by atoms with Crippen LogP contribution in [0.25, 0.3) is 0 Å². The van der Waals surface area contributed by atoms with Crippen molar-refractivity contribution in [1.29, 1.82) is 0 Å². The first-order valence-corrected chi connectivity index (χ1v) is 7.20. The van der Waals surface area contributed by atoms with Gasteiger partial charge < -0.3 is 10.6 Å². The fourth-order valence-electron chi connectivity index (χ4n) is 2.72. The van der Waals surface area contributed by atoms with Crippen LogP contribution < -0.4 is 10.6 Å². The Labute approximate surface area is 120 Å². The summed E-state index contributed by atoms with van der Waals surface area (Å²) in [4.78, 5) is 12.5. The maximum atomic E-state index is 13.9. The number of carbonyl (C=O) groups is 1. The molecule has 20 heavy (non-hydrogen) atoms. The summed E-state index contributed by atoms with van der Waals surface area (Å²) in [6.07, 6.45) is 1.84. The van der Waals surface area contributed by atoms with Crippen molar-refractivity contribution >= 4 is 5.91 Å². The Hall–Kier alpha value is -1.42. The first kappa shape index (κ1) is 15.0. The molecule has 1 saturated heterocycles. The van der Waals surface area contributed by atoms with Crippen molar-refractivity contribution in [2.75, 3.05) is 6.54 Å². The van der Waals surface area contributed by atoms with E-state index in [0.29, 0.717) is 11.6 Å². The fraction of sp³-hybridized carbons (Fsp3) is 0.562. The lowest BCUT2D eigenvalue weighted by Gasteiger charge is -2.32. The van der Waals surface area contributed by atoms with Gasteiger partial charge in [0, 0.05) is 17.6 Å². The molecule has 1 amide bonds. The predicted octanol–water partition coefficient (Wildman–Crippen LogP) is 2.36. The highest BCUT2D eigenvalue weighted by Crippen LogP contribution is 2.26. The van der Waals surface area contributed by atoms with Crippen LogP contribution in [-0.4, -0.2) is 24.5 Å². The van der Waals surface area contributed by atoms with Gasteiger partial charge >= 0.3 is 0 Å². The molecule has 0 aliphatic carbocycles. The first-order valence-electron chi connectivity index (χ1n) is 7.20. The lowest BCUT2D eigenvalue weighted by atomic mass is 9.82. The van der Waals surface area contributed by atoms with E-state index >= 15 is 0 Å². The van der Waals surface area contributed by atoms with Crippen LogP contribution in [0.1, 0.15) is 39.2 Å². The Morgan fingerprint density at radius 1 is 1.40 bits per heavy atom. The third-order valence-corrected chi connectivity index (χ3v) is 4.07. The molecule has 0 bridgehead atoms. The molecule has 110 valence electrons. The molecule has 2 atom stereocenters. The van der Waals surface area contributed by atoms with Crippen LogP contribution in [-0.2, 0) is 10.2 Å². The van der Waals surface area contributed by atoms with E-state index in [0.717, 1.165) is 19.4 Å². The highest BCUT2D eigenvalue weighted by molar-refractivity contribution is 5.87. The molecule has 0 spiro atoms. The molecule has 4 heteroatoms.